The third-order valence-electron chi connectivity index (χ3n) is 4.95. The van der Waals surface area contributed by atoms with E-state index in [1.807, 2.05) is 6.20 Å². The summed E-state index contributed by atoms with van der Waals surface area (Å²) in [6.07, 6.45) is 1.87. The second kappa shape index (κ2) is 6.45. The number of aromatic nitrogens is 3. The van der Waals surface area contributed by atoms with Crippen LogP contribution in [0.25, 0.3) is 16.8 Å². The Balaban J connectivity index is 1.39. The average Bonchev–Trinajstić information content (AvgIpc) is 3.30. The molecule has 5 rings (SSSR count). The molecule has 0 saturated heterocycles. The van der Waals surface area contributed by atoms with Crippen molar-refractivity contribution in [2.75, 3.05) is 0 Å². The molecule has 0 aliphatic heterocycles. The van der Waals surface area contributed by atoms with Gasteiger partial charge in [-0.2, -0.15) is 0 Å². The van der Waals surface area contributed by atoms with Crippen LogP contribution in [0.5, 0.6) is 0 Å². The van der Waals surface area contributed by atoms with Gasteiger partial charge in [-0.25, -0.2) is 9.07 Å². The van der Waals surface area contributed by atoms with E-state index in [0.717, 1.165) is 11.4 Å². The molecule has 1 aliphatic rings. The summed E-state index contributed by atoms with van der Waals surface area (Å²) in [7, 11) is 0. The number of nitrogens with one attached hydrogen (secondary N) is 1. The molecule has 0 fully saturated rings. The molecule has 27 heavy (non-hydrogen) atoms. The van der Waals surface area contributed by atoms with Gasteiger partial charge in [0.1, 0.15) is 5.82 Å². The molecule has 0 amide bonds. The number of benzene rings is 3. The summed E-state index contributed by atoms with van der Waals surface area (Å²) in [4.78, 5) is 0. The van der Waals surface area contributed by atoms with Crippen LogP contribution in [0.15, 0.2) is 79.0 Å². The minimum Gasteiger partial charge on any atom is -0.300 e. The van der Waals surface area contributed by atoms with Crippen LogP contribution in [0.1, 0.15) is 22.9 Å². The fourth-order valence-corrected chi connectivity index (χ4v) is 3.68. The van der Waals surface area contributed by atoms with Crippen molar-refractivity contribution in [1.82, 2.24) is 20.3 Å². The van der Waals surface area contributed by atoms with Crippen molar-refractivity contribution in [3.8, 4) is 16.8 Å². The lowest BCUT2D eigenvalue weighted by Gasteiger charge is -2.14. The zero-order valence-electron chi connectivity index (χ0n) is 14.5. The van der Waals surface area contributed by atoms with Gasteiger partial charge < -0.3 is 5.32 Å². The van der Waals surface area contributed by atoms with Crippen molar-refractivity contribution < 1.29 is 4.39 Å². The van der Waals surface area contributed by atoms with Gasteiger partial charge in [-0.05, 0) is 46.5 Å². The Hall–Kier alpha value is -3.31. The van der Waals surface area contributed by atoms with E-state index < -0.39 is 0 Å². The van der Waals surface area contributed by atoms with Gasteiger partial charge >= 0.3 is 0 Å². The van der Waals surface area contributed by atoms with Crippen LogP contribution in [0.4, 0.5) is 4.39 Å². The van der Waals surface area contributed by atoms with Gasteiger partial charge in [-0.1, -0.05) is 53.7 Å². The predicted octanol–water partition coefficient (Wildman–Crippen LogP) is 4.27. The molecule has 132 valence electrons. The molecule has 0 atom stereocenters. The first-order valence-electron chi connectivity index (χ1n) is 8.88. The molecule has 0 radical (unpaired) electrons. The molecule has 1 aliphatic carbocycles. The van der Waals surface area contributed by atoms with Crippen LogP contribution in [0.3, 0.4) is 0 Å². The van der Waals surface area contributed by atoms with Gasteiger partial charge in [-0.3, -0.25) is 0 Å². The van der Waals surface area contributed by atoms with Gasteiger partial charge in [0, 0.05) is 6.54 Å². The Morgan fingerprint density at radius 1 is 0.852 bits per heavy atom. The highest BCUT2D eigenvalue weighted by Crippen LogP contribution is 2.43. The summed E-state index contributed by atoms with van der Waals surface area (Å²) in [6, 6.07) is 23.3. The number of rotatable bonds is 4. The second-order valence-electron chi connectivity index (χ2n) is 6.62. The number of halogens is 1. The van der Waals surface area contributed by atoms with Gasteiger partial charge in [0.05, 0.1) is 23.6 Å². The van der Waals surface area contributed by atoms with Crippen molar-refractivity contribution in [3.63, 3.8) is 0 Å². The SMILES string of the molecule is Fc1ccc(-n2cc(CNC3c4ccccc4-c4ccccc43)nn2)cc1. The van der Waals surface area contributed by atoms with Gasteiger partial charge in [0.15, 0.2) is 0 Å². The summed E-state index contributed by atoms with van der Waals surface area (Å²) in [6.45, 7) is 0.592. The van der Waals surface area contributed by atoms with Crippen LogP contribution in [0.2, 0.25) is 0 Å². The van der Waals surface area contributed by atoms with E-state index in [4.69, 9.17) is 0 Å². The van der Waals surface area contributed by atoms with Gasteiger partial charge in [-0.15, -0.1) is 5.10 Å². The van der Waals surface area contributed by atoms with Crippen molar-refractivity contribution >= 4 is 0 Å². The second-order valence-corrected chi connectivity index (χ2v) is 6.62. The van der Waals surface area contributed by atoms with Crippen molar-refractivity contribution in [2.24, 2.45) is 0 Å². The first-order valence-corrected chi connectivity index (χ1v) is 8.88. The zero-order valence-corrected chi connectivity index (χ0v) is 14.5. The summed E-state index contributed by atoms with van der Waals surface area (Å²) in [5, 5.41) is 12.0. The van der Waals surface area contributed by atoms with Crippen molar-refractivity contribution in [2.45, 2.75) is 12.6 Å². The number of fused-ring (bicyclic) bond motifs is 3. The average molecular weight is 356 g/mol. The molecular formula is C22H17FN4. The predicted molar refractivity (Wildman–Crippen MR) is 102 cm³/mol. The molecule has 1 N–H and O–H groups in total. The highest BCUT2D eigenvalue weighted by atomic mass is 19.1. The maximum atomic E-state index is 13.1. The van der Waals surface area contributed by atoms with Crippen molar-refractivity contribution in [1.29, 1.82) is 0 Å². The molecule has 0 saturated carbocycles. The molecule has 3 aromatic carbocycles. The Morgan fingerprint density at radius 3 is 2.15 bits per heavy atom. The number of nitrogens with zero attached hydrogens (tertiary/aromatic N) is 3. The topological polar surface area (TPSA) is 42.7 Å². The van der Waals surface area contributed by atoms with E-state index in [2.05, 4.69) is 64.2 Å². The Kier molecular flexibility index (Phi) is 3.80. The molecule has 0 bridgehead atoms. The lowest BCUT2D eigenvalue weighted by molar-refractivity contribution is 0.605. The van der Waals surface area contributed by atoms with E-state index in [1.54, 1.807) is 16.8 Å². The number of hydrogen-bond donors (Lipinski definition) is 1. The minimum atomic E-state index is -0.265. The standard InChI is InChI=1S/C22H17FN4/c23-15-9-11-17(12-10-15)27-14-16(25-26-27)13-24-22-20-7-3-1-5-18(20)19-6-2-4-8-21(19)22/h1-12,14,22,24H,13H2. The fourth-order valence-electron chi connectivity index (χ4n) is 3.68. The lowest BCUT2D eigenvalue weighted by Crippen LogP contribution is -2.20. The zero-order chi connectivity index (χ0) is 18.2. The van der Waals surface area contributed by atoms with E-state index in [-0.39, 0.29) is 11.9 Å². The molecule has 4 nitrogen and oxygen atoms in total. The summed E-state index contributed by atoms with van der Waals surface area (Å²) in [5.41, 5.74) is 6.74. The van der Waals surface area contributed by atoms with Crippen molar-refractivity contribution in [3.05, 3.63) is 102 Å². The van der Waals surface area contributed by atoms with Gasteiger partial charge in [0.2, 0.25) is 0 Å². The molecular weight excluding hydrogens is 339 g/mol. The minimum absolute atomic E-state index is 0.133. The summed E-state index contributed by atoms with van der Waals surface area (Å²) < 4.78 is 14.7. The van der Waals surface area contributed by atoms with Crippen LogP contribution < -0.4 is 5.32 Å². The van der Waals surface area contributed by atoms with E-state index in [1.165, 1.54) is 34.4 Å². The Labute approximate surface area is 156 Å². The van der Waals surface area contributed by atoms with E-state index >= 15 is 0 Å². The summed E-state index contributed by atoms with van der Waals surface area (Å²) >= 11 is 0. The van der Waals surface area contributed by atoms with E-state index in [9.17, 15) is 4.39 Å². The highest BCUT2D eigenvalue weighted by Gasteiger charge is 2.27. The molecule has 1 aromatic heterocycles. The van der Waals surface area contributed by atoms with Crippen LogP contribution >= 0.6 is 0 Å². The Bertz CT molecular complexity index is 1060. The third kappa shape index (κ3) is 2.82. The molecule has 1 heterocycles. The lowest BCUT2D eigenvalue weighted by atomic mass is 10.1. The summed E-state index contributed by atoms with van der Waals surface area (Å²) in [5.74, 6) is -0.265. The fraction of sp³-hybridized carbons (Fsp3) is 0.0909. The van der Waals surface area contributed by atoms with E-state index in [0.29, 0.717) is 6.54 Å². The smallest absolute Gasteiger partial charge is 0.123 e. The Morgan fingerprint density at radius 2 is 1.48 bits per heavy atom. The molecule has 5 heteroatoms. The first kappa shape index (κ1) is 15.9. The normalized spacial score (nSPS) is 12.8. The maximum absolute atomic E-state index is 13.1. The first-order chi connectivity index (χ1) is 13.3. The third-order valence-corrected chi connectivity index (χ3v) is 4.95. The monoisotopic (exact) mass is 356 g/mol. The van der Waals surface area contributed by atoms with Crippen LogP contribution in [-0.2, 0) is 6.54 Å². The largest absolute Gasteiger partial charge is 0.300 e. The van der Waals surface area contributed by atoms with Crippen LogP contribution in [-0.4, -0.2) is 15.0 Å². The molecule has 0 unspecified atom stereocenters. The molecule has 4 aromatic rings. The highest BCUT2D eigenvalue weighted by molar-refractivity contribution is 5.78. The number of hydrogen-bond acceptors (Lipinski definition) is 3. The van der Waals surface area contributed by atoms with Crippen LogP contribution in [0, 0.1) is 5.82 Å². The quantitative estimate of drug-likeness (QED) is 0.594. The van der Waals surface area contributed by atoms with Gasteiger partial charge in [0.25, 0.3) is 0 Å². The maximum Gasteiger partial charge on any atom is 0.123 e. The molecule has 0 spiro atoms.